The van der Waals surface area contributed by atoms with Crippen LogP contribution in [-0.4, -0.2) is 20.2 Å². The molecule has 0 aliphatic rings. The van der Waals surface area contributed by atoms with Crippen LogP contribution in [0.5, 0.6) is 0 Å². The number of hydrogen-bond donors (Lipinski definition) is 1. The summed E-state index contributed by atoms with van der Waals surface area (Å²) in [7, 11) is -3.27. The normalized spacial score (nSPS) is 11.0. The van der Waals surface area contributed by atoms with Crippen LogP contribution in [0.4, 0.5) is 0 Å². The van der Waals surface area contributed by atoms with Crippen LogP contribution < -0.4 is 4.72 Å². The Labute approximate surface area is 77.6 Å². The van der Waals surface area contributed by atoms with Gasteiger partial charge in [0, 0.05) is 13.0 Å². The monoisotopic (exact) mass is 210 g/mol. The van der Waals surface area contributed by atoms with Gasteiger partial charge in [-0.2, -0.15) is 5.26 Å². The van der Waals surface area contributed by atoms with E-state index in [2.05, 4.69) is 4.72 Å². The van der Waals surface area contributed by atoms with Crippen molar-refractivity contribution in [1.29, 1.82) is 5.26 Å². The Morgan fingerprint density at radius 2 is 2.08 bits per heavy atom. The summed E-state index contributed by atoms with van der Waals surface area (Å²) in [6, 6.07) is 1.98. The first-order chi connectivity index (χ1) is 5.62. The first-order valence-electron chi connectivity index (χ1n) is 3.52. The first kappa shape index (κ1) is 11.7. The van der Waals surface area contributed by atoms with Crippen molar-refractivity contribution in [1.82, 2.24) is 4.72 Å². The molecule has 4 nitrogen and oxygen atoms in total. The fourth-order valence-electron chi connectivity index (χ4n) is 0.595. The summed E-state index contributed by atoms with van der Waals surface area (Å²) < 4.78 is 23.7. The number of sulfonamides is 1. The first-order valence-corrected chi connectivity index (χ1v) is 5.71. The molecule has 1 N–H and O–H groups in total. The zero-order valence-electron chi connectivity index (χ0n) is 6.59. The quantitative estimate of drug-likeness (QED) is 0.521. The molecule has 0 heterocycles. The van der Waals surface area contributed by atoms with Gasteiger partial charge in [-0.25, -0.2) is 13.1 Å². The summed E-state index contributed by atoms with van der Waals surface area (Å²) in [4.78, 5) is 0. The lowest BCUT2D eigenvalue weighted by atomic mass is 10.2. The van der Waals surface area contributed by atoms with Crippen molar-refractivity contribution >= 4 is 21.6 Å². The van der Waals surface area contributed by atoms with Gasteiger partial charge in [0.2, 0.25) is 10.0 Å². The molecule has 0 saturated heterocycles. The minimum atomic E-state index is -3.27. The predicted octanol–water partition coefficient (Wildman–Crippen LogP) is 0.796. The topological polar surface area (TPSA) is 70.0 Å². The molecule has 0 saturated carbocycles. The Morgan fingerprint density at radius 1 is 1.42 bits per heavy atom. The molecule has 0 aliphatic carbocycles. The van der Waals surface area contributed by atoms with Crippen LogP contribution >= 0.6 is 11.6 Å². The number of nitrogens with one attached hydrogen (secondary N) is 1. The second-order valence-electron chi connectivity index (χ2n) is 2.23. The molecule has 0 aromatic rings. The minimum Gasteiger partial charge on any atom is -0.214 e. The van der Waals surface area contributed by atoms with Gasteiger partial charge in [0.25, 0.3) is 0 Å². The van der Waals surface area contributed by atoms with Gasteiger partial charge in [-0.1, -0.05) is 0 Å². The third-order valence-corrected chi connectivity index (χ3v) is 2.97. The van der Waals surface area contributed by atoms with Crippen LogP contribution in [0.3, 0.4) is 0 Å². The fraction of sp³-hybridized carbons (Fsp3) is 0.833. The van der Waals surface area contributed by atoms with Crippen molar-refractivity contribution in [3.05, 3.63) is 0 Å². The molecular formula is C6H11ClN2O2S. The van der Waals surface area contributed by atoms with Gasteiger partial charge in [0.1, 0.15) is 5.21 Å². The van der Waals surface area contributed by atoms with Crippen molar-refractivity contribution in [3.63, 3.8) is 0 Å². The Kier molecular flexibility index (Phi) is 6.07. The highest BCUT2D eigenvalue weighted by Gasteiger charge is 2.05. The molecule has 0 aliphatic heterocycles. The molecule has 0 fully saturated rings. The molecule has 12 heavy (non-hydrogen) atoms. The van der Waals surface area contributed by atoms with E-state index >= 15 is 0 Å². The lowest BCUT2D eigenvalue weighted by Crippen LogP contribution is -2.25. The van der Waals surface area contributed by atoms with Gasteiger partial charge in [-0.05, 0) is 12.8 Å². The highest BCUT2D eigenvalue weighted by molar-refractivity contribution is 7.90. The van der Waals surface area contributed by atoms with E-state index in [-0.39, 0.29) is 0 Å². The maximum absolute atomic E-state index is 10.7. The van der Waals surface area contributed by atoms with Gasteiger partial charge >= 0.3 is 0 Å². The summed E-state index contributed by atoms with van der Waals surface area (Å²) in [5.74, 6) is 0. The van der Waals surface area contributed by atoms with Gasteiger partial charge in [0.05, 0.1) is 6.07 Å². The zero-order chi connectivity index (χ0) is 9.45. The smallest absolute Gasteiger partial charge is 0.214 e. The molecule has 0 atom stereocenters. The standard InChI is InChI=1S/C6H11ClN2O2S/c7-6-12(10,11)9-5-3-1-2-4-8/h9H,1-3,5-6H2. The molecule has 0 bridgehead atoms. The summed E-state index contributed by atoms with van der Waals surface area (Å²) in [5, 5.41) is 7.75. The van der Waals surface area contributed by atoms with E-state index in [0.717, 1.165) is 0 Å². The Balaban J connectivity index is 3.39. The Hall–Kier alpha value is -0.310. The van der Waals surface area contributed by atoms with E-state index in [1.54, 1.807) is 0 Å². The van der Waals surface area contributed by atoms with Crippen LogP contribution in [-0.2, 0) is 10.0 Å². The maximum Gasteiger partial charge on any atom is 0.225 e. The summed E-state index contributed by atoms with van der Waals surface area (Å²) >= 11 is 5.13. The van der Waals surface area contributed by atoms with Crippen molar-refractivity contribution < 1.29 is 8.42 Å². The van der Waals surface area contributed by atoms with Crippen molar-refractivity contribution in [2.75, 3.05) is 11.8 Å². The molecule has 0 amide bonds. The van der Waals surface area contributed by atoms with Gasteiger partial charge in [-0.15, -0.1) is 11.6 Å². The largest absolute Gasteiger partial charge is 0.225 e. The second-order valence-corrected chi connectivity index (χ2v) is 4.62. The van der Waals surface area contributed by atoms with Crippen molar-refractivity contribution in [2.24, 2.45) is 0 Å². The van der Waals surface area contributed by atoms with Crippen molar-refractivity contribution in [2.45, 2.75) is 19.3 Å². The summed E-state index contributed by atoms with van der Waals surface area (Å²) in [6.45, 7) is 0.358. The van der Waals surface area contributed by atoms with E-state index in [1.807, 2.05) is 6.07 Å². The fourth-order valence-corrected chi connectivity index (χ4v) is 1.36. The molecule has 6 heteroatoms. The number of unbranched alkanes of at least 4 members (excludes halogenated alkanes) is 2. The number of rotatable bonds is 6. The number of nitrogens with zero attached hydrogens (tertiary/aromatic N) is 1. The average Bonchev–Trinajstić information content (AvgIpc) is 2.04. The van der Waals surface area contributed by atoms with Crippen molar-refractivity contribution in [3.8, 4) is 6.07 Å². The maximum atomic E-state index is 10.7. The molecule has 0 radical (unpaired) electrons. The van der Waals surface area contributed by atoms with Gasteiger partial charge in [0.15, 0.2) is 0 Å². The van der Waals surface area contributed by atoms with Crippen LogP contribution in [0.1, 0.15) is 19.3 Å². The molecule has 0 spiro atoms. The lowest BCUT2D eigenvalue weighted by molar-refractivity contribution is 0.582. The van der Waals surface area contributed by atoms with Gasteiger partial charge in [-0.3, -0.25) is 0 Å². The van der Waals surface area contributed by atoms with E-state index in [0.29, 0.717) is 25.8 Å². The second kappa shape index (κ2) is 6.23. The van der Waals surface area contributed by atoms with E-state index in [1.165, 1.54) is 0 Å². The highest BCUT2D eigenvalue weighted by atomic mass is 35.5. The summed E-state index contributed by atoms with van der Waals surface area (Å²) in [6.07, 6.45) is 1.84. The molecule has 0 rings (SSSR count). The Morgan fingerprint density at radius 3 is 2.58 bits per heavy atom. The number of nitriles is 1. The van der Waals surface area contributed by atoms with Crippen LogP contribution in [0.2, 0.25) is 0 Å². The zero-order valence-corrected chi connectivity index (χ0v) is 8.16. The molecule has 0 unspecified atom stereocenters. The van der Waals surface area contributed by atoms with Crippen LogP contribution in [0.25, 0.3) is 0 Å². The third kappa shape index (κ3) is 6.40. The highest BCUT2D eigenvalue weighted by Crippen LogP contribution is 1.94. The van der Waals surface area contributed by atoms with Gasteiger partial charge < -0.3 is 0 Å². The van der Waals surface area contributed by atoms with Crippen LogP contribution in [0, 0.1) is 11.3 Å². The average molecular weight is 211 g/mol. The van der Waals surface area contributed by atoms with Crippen LogP contribution in [0.15, 0.2) is 0 Å². The molecule has 0 aromatic carbocycles. The Bertz CT molecular complexity index is 245. The summed E-state index contributed by atoms with van der Waals surface area (Å²) in [5.41, 5.74) is 0. The minimum absolute atomic E-state index is 0.358. The molecule has 0 aromatic heterocycles. The number of alkyl halides is 1. The SMILES string of the molecule is N#CCCCCNS(=O)(=O)CCl. The molecule has 70 valence electrons. The van der Waals surface area contributed by atoms with E-state index < -0.39 is 15.2 Å². The molecular weight excluding hydrogens is 200 g/mol. The van der Waals surface area contributed by atoms with E-state index in [9.17, 15) is 8.42 Å². The lowest BCUT2D eigenvalue weighted by Gasteiger charge is -2.00. The van der Waals surface area contributed by atoms with E-state index in [4.69, 9.17) is 16.9 Å². The third-order valence-electron chi connectivity index (χ3n) is 1.18. The number of hydrogen-bond acceptors (Lipinski definition) is 3. The predicted molar refractivity (Wildman–Crippen MR) is 47.1 cm³/mol. The number of halogens is 1.